The maximum atomic E-state index is 11.9. The van der Waals surface area contributed by atoms with Crippen molar-refractivity contribution in [3.8, 4) is 0 Å². The largest absolute Gasteiger partial charge is 0.393 e. The molecular formula is C13H18N2O3. The van der Waals surface area contributed by atoms with E-state index in [0.717, 1.165) is 19.3 Å². The summed E-state index contributed by atoms with van der Waals surface area (Å²) in [5.74, 6) is -0.0557. The minimum absolute atomic E-state index is 0.150. The molecule has 1 aromatic heterocycles. The molecule has 0 aliphatic heterocycles. The van der Waals surface area contributed by atoms with Crippen LogP contribution in [-0.4, -0.2) is 28.6 Å². The van der Waals surface area contributed by atoms with E-state index >= 15 is 0 Å². The van der Waals surface area contributed by atoms with Gasteiger partial charge in [-0.1, -0.05) is 6.42 Å². The molecule has 98 valence electrons. The van der Waals surface area contributed by atoms with Crippen molar-refractivity contribution < 1.29 is 9.90 Å². The van der Waals surface area contributed by atoms with Crippen molar-refractivity contribution in [2.24, 2.45) is 5.92 Å². The number of carbonyl (C=O) groups excluding carboxylic acids is 1. The Morgan fingerprint density at radius 1 is 1.56 bits per heavy atom. The molecule has 1 aliphatic carbocycles. The van der Waals surface area contributed by atoms with Crippen LogP contribution in [0.2, 0.25) is 0 Å². The van der Waals surface area contributed by atoms with Crippen molar-refractivity contribution in [2.75, 3.05) is 6.54 Å². The number of aliphatic hydroxyl groups excluding tert-OH is 1. The van der Waals surface area contributed by atoms with Gasteiger partial charge in [0.05, 0.1) is 11.7 Å². The fourth-order valence-electron chi connectivity index (χ4n) is 2.39. The maximum Gasteiger partial charge on any atom is 0.253 e. The first-order chi connectivity index (χ1) is 8.58. The highest BCUT2D eigenvalue weighted by Gasteiger charge is 2.25. The van der Waals surface area contributed by atoms with E-state index in [-0.39, 0.29) is 23.5 Å². The fraction of sp³-hybridized carbons (Fsp3) is 0.538. The Morgan fingerprint density at radius 2 is 2.33 bits per heavy atom. The van der Waals surface area contributed by atoms with Crippen molar-refractivity contribution in [1.29, 1.82) is 0 Å². The van der Waals surface area contributed by atoms with Crippen molar-refractivity contribution >= 4 is 5.91 Å². The zero-order chi connectivity index (χ0) is 13.1. The molecule has 0 radical (unpaired) electrons. The number of hydrogen-bond acceptors (Lipinski definition) is 3. The second-order valence-electron chi connectivity index (χ2n) is 4.86. The minimum Gasteiger partial charge on any atom is -0.393 e. The highest BCUT2D eigenvalue weighted by molar-refractivity contribution is 5.95. The second kappa shape index (κ2) is 5.35. The Balaban J connectivity index is 1.97. The van der Waals surface area contributed by atoms with Crippen molar-refractivity contribution in [2.45, 2.75) is 32.3 Å². The smallest absolute Gasteiger partial charge is 0.253 e. The lowest BCUT2D eigenvalue weighted by Crippen LogP contribution is -2.33. The Morgan fingerprint density at radius 3 is 2.94 bits per heavy atom. The van der Waals surface area contributed by atoms with Gasteiger partial charge >= 0.3 is 0 Å². The topological polar surface area (TPSA) is 82.2 Å². The van der Waals surface area contributed by atoms with Crippen molar-refractivity contribution in [1.82, 2.24) is 10.3 Å². The summed E-state index contributed by atoms with van der Waals surface area (Å²) in [6, 6.07) is 1.40. The van der Waals surface area contributed by atoms with Crippen LogP contribution in [0.15, 0.2) is 17.1 Å². The zero-order valence-electron chi connectivity index (χ0n) is 10.4. The Kier molecular flexibility index (Phi) is 3.81. The minimum atomic E-state index is -0.304. The molecule has 18 heavy (non-hydrogen) atoms. The van der Waals surface area contributed by atoms with E-state index in [1.807, 2.05) is 0 Å². The van der Waals surface area contributed by atoms with Gasteiger partial charge in [-0.3, -0.25) is 9.59 Å². The van der Waals surface area contributed by atoms with Crippen LogP contribution in [0.3, 0.4) is 0 Å². The number of aliphatic hydroxyl groups is 1. The summed E-state index contributed by atoms with van der Waals surface area (Å²) in [5.41, 5.74) is 0.917. The van der Waals surface area contributed by atoms with E-state index in [4.69, 9.17) is 0 Å². The fourth-order valence-corrected chi connectivity index (χ4v) is 2.39. The summed E-state index contributed by atoms with van der Waals surface area (Å²) in [5, 5.41) is 12.5. The van der Waals surface area contributed by atoms with Crippen LogP contribution in [0.25, 0.3) is 0 Å². The molecule has 1 saturated carbocycles. The maximum absolute atomic E-state index is 11.9. The summed E-state index contributed by atoms with van der Waals surface area (Å²) in [6.07, 6.45) is 3.91. The highest BCUT2D eigenvalue weighted by Crippen LogP contribution is 2.24. The monoisotopic (exact) mass is 250 g/mol. The van der Waals surface area contributed by atoms with E-state index < -0.39 is 0 Å². The number of pyridine rings is 1. The molecule has 1 fully saturated rings. The third kappa shape index (κ3) is 2.79. The van der Waals surface area contributed by atoms with Gasteiger partial charge in [0, 0.05) is 24.7 Å². The lowest BCUT2D eigenvalue weighted by atomic mass is 10.1. The van der Waals surface area contributed by atoms with Crippen LogP contribution in [0, 0.1) is 12.8 Å². The number of amides is 1. The molecule has 2 atom stereocenters. The standard InChI is InChI=1S/C13H18N2O3/c1-8-5-12(17)14-7-10(8)13(18)15-6-9-3-2-4-11(9)16/h5,7,9,11,16H,2-4,6H2,1H3,(H,14,17)(H,15,18). The molecule has 0 spiro atoms. The van der Waals surface area contributed by atoms with Gasteiger partial charge in [0.25, 0.3) is 5.91 Å². The normalized spacial score (nSPS) is 23.0. The third-order valence-corrected chi connectivity index (χ3v) is 3.52. The predicted octanol–water partition coefficient (Wildman–Crippen LogP) is 0.574. The average molecular weight is 250 g/mol. The van der Waals surface area contributed by atoms with Gasteiger partial charge in [-0.2, -0.15) is 0 Å². The van der Waals surface area contributed by atoms with Gasteiger partial charge < -0.3 is 15.4 Å². The molecule has 0 bridgehead atoms. The SMILES string of the molecule is Cc1cc(=O)[nH]cc1C(=O)NCC1CCCC1O. The molecule has 1 amide bonds. The van der Waals surface area contributed by atoms with Gasteiger partial charge in [-0.05, 0) is 25.3 Å². The van der Waals surface area contributed by atoms with E-state index in [2.05, 4.69) is 10.3 Å². The molecular weight excluding hydrogens is 232 g/mol. The Bertz CT molecular complexity index is 495. The molecule has 1 aliphatic rings. The molecule has 2 rings (SSSR count). The number of hydrogen-bond donors (Lipinski definition) is 3. The number of H-pyrrole nitrogens is 1. The lowest BCUT2D eigenvalue weighted by molar-refractivity contribution is 0.0916. The van der Waals surface area contributed by atoms with Gasteiger partial charge in [0.15, 0.2) is 0 Å². The number of nitrogens with one attached hydrogen (secondary N) is 2. The summed E-state index contributed by atoms with van der Waals surface area (Å²) in [6.45, 7) is 2.22. The zero-order valence-corrected chi connectivity index (χ0v) is 10.4. The highest BCUT2D eigenvalue weighted by atomic mass is 16.3. The van der Waals surface area contributed by atoms with Crippen LogP contribution in [0.1, 0.15) is 35.2 Å². The Labute approximate surface area is 105 Å². The molecule has 1 heterocycles. The van der Waals surface area contributed by atoms with E-state index in [9.17, 15) is 14.7 Å². The first-order valence-corrected chi connectivity index (χ1v) is 6.23. The molecule has 3 N–H and O–H groups in total. The third-order valence-electron chi connectivity index (χ3n) is 3.52. The van der Waals surface area contributed by atoms with E-state index in [0.29, 0.717) is 17.7 Å². The predicted molar refractivity (Wildman–Crippen MR) is 67.5 cm³/mol. The summed E-state index contributed by atoms with van der Waals surface area (Å²) in [7, 11) is 0. The van der Waals surface area contributed by atoms with Gasteiger partial charge in [-0.15, -0.1) is 0 Å². The van der Waals surface area contributed by atoms with Crippen LogP contribution in [0.5, 0.6) is 0 Å². The number of aromatic nitrogens is 1. The van der Waals surface area contributed by atoms with Gasteiger partial charge in [0.1, 0.15) is 0 Å². The molecule has 5 heteroatoms. The van der Waals surface area contributed by atoms with Crippen LogP contribution in [0.4, 0.5) is 0 Å². The summed E-state index contributed by atoms with van der Waals surface area (Å²) in [4.78, 5) is 25.5. The number of aromatic amines is 1. The Hall–Kier alpha value is -1.62. The lowest BCUT2D eigenvalue weighted by Gasteiger charge is -2.15. The molecule has 2 unspecified atom stereocenters. The van der Waals surface area contributed by atoms with E-state index in [1.54, 1.807) is 6.92 Å². The van der Waals surface area contributed by atoms with Gasteiger partial charge in [0.2, 0.25) is 5.56 Å². The van der Waals surface area contributed by atoms with E-state index in [1.165, 1.54) is 12.3 Å². The number of carbonyl (C=O) groups is 1. The average Bonchev–Trinajstić information content (AvgIpc) is 2.72. The van der Waals surface area contributed by atoms with Crippen molar-refractivity contribution in [3.05, 3.63) is 33.7 Å². The van der Waals surface area contributed by atoms with Gasteiger partial charge in [-0.25, -0.2) is 0 Å². The molecule has 0 saturated heterocycles. The summed E-state index contributed by atoms with van der Waals surface area (Å²) >= 11 is 0. The number of rotatable bonds is 3. The second-order valence-corrected chi connectivity index (χ2v) is 4.86. The van der Waals surface area contributed by atoms with Crippen LogP contribution < -0.4 is 10.9 Å². The van der Waals surface area contributed by atoms with Crippen molar-refractivity contribution in [3.63, 3.8) is 0 Å². The summed E-state index contributed by atoms with van der Waals surface area (Å²) < 4.78 is 0. The van der Waals surface area contributed by atoms with Crippen LogP contribution >= 0.6 is 0 Å². The quantitative estimate of drug-likeness (QED) is 0.733. The first kappa shape index (κ1) is 12.8. The molecule has 0 aromatic carbocycles. The molecule has 1 aromatic rings. The first-order valence-electron chi connectivity index (χ1n) is 6.23. The van der Waals surface area contributed by atoms with Crippen LogP contribution in [-0.2, 0) is 0 Å². The molecule has 5 nitrogen and oxygen atoms in total. The number of aryl methyl sites for hydroxylation is 1.